The molecule has 0 saturated heterocycles. The number of hydrogen-bond acceptors (Lipinski definition) is 4. The van der Waals surface area contributed by atoms with Crippen molar-refractivity contribution in [3.8, 4) is 0 Å². The highest BCUT2D eigenvalue weighted by atomic mass is 19.1. The molecule has 0 radical (unpaired) electrons. The number of nitrogens with one attached hydrogen (secondary N) is 2. The smallest absolute Gasteiger partial charge is 0.272 e. The summed E-state index contributed by atoms with van der Waals surface area (Å²) in [5, 5.41) is 16.4. The Balaban J connectivity index is 2.39. The third-order valence-corrected chi connectivity index (χ3v) is 3.03. The molecule has 21 heavy (non-hydrogen) atoms. The summed E-state index contributed by atoms with van der Waals surface area (Å²) in [6.07, 6.45) is 1.17. The average Bonchev–Trinajstić information content (AvgIpc) is 2.42. The van der Waals surface area contributed by atoms with E-state index in [1.54, 1.807) is 0 Å². The maximum atomic E-state index is 13.2. The van der Waals surface area contributed by atoms with Gasteiger partial charge >= 0.3 is 0 Å². The summed E-state index contributed by atoms with van der Waals surface area (Å²) in [7, 11) is 0. The van der Waals surface area contributed by atoms with Gasteiger partial charge in [0.25, 0.3) is 5.69 Å². The number of carbonyl (C=O) groups is 1. The van der Waals surface area contributed by atoms with E-state index in [9.17, 15) is 19.3 Å². The van der Waals surface area contributed by atoms with E-state index >= 15 is 0 Å². The fourth-order valence-electron chi connectivity index (χ4n) is 1.72. The Kier molecular flexibility index (Phi) is 6.74. The van der Waals surface area contributed by atoms with Crippen molar-refractivity contribution in [1.82, 2.24) is 10.6 Å². The van der Waals surface area contributed by atoms with Crippen LogP contribution in [-0.4, -0.2) is 23.4 Å². The van der Waals surface area contributed by atoms with Crippen LogP contribution in [0.5, 0.6) is 0 Å². The molecule has 0 aliphatic carbocycles. The van der Waals surface area contributed by atoms with Crippen LogP contribution >= 0.6 is 0 Å². The Morgan fingerprint density at radius 2 is 2.14 bits per heavy atom. The van der Waals surface area contributed by atoms with Crippen molar-refractivity contribution in [3.63, 3.8) is 0 Å². The highest BCUT2D eigenvalue weighted by Crippen LogP contribution is 2.16. The van der Waals surface area contributed by atoms with Crippen LogP contribution in [0.2, 0.25) is 0 Å². The van der Waals surface area contributed by atoms with Crippen molar-refractivity contribution in [2.24, 2.45) is 0 Å². The lowest BCUT2D eigenvalue weighted by Crippen LogP contribution is -2.33. The zero-order valence-electron chi connectivity index (χ0n) is 12.2. The minimum atomic E-state index is -0.643. The molecule has 1 aromatic carbocycles. The third-order valence-electron chi connectivity index (χ3n) is 3.03. The topological polar surface area (TPSA) is 84.3 Å². The fourth-order valence-corrected chi connectivity index (χ4v) is 1.72. The number of benzene rings is 1. The Hall–Kier alpha value is -2.02. The molecule has 0 spiro atoms. The highest BCUT2D eigenvalue weighted by Gasteiger charge is 2.10. The van der Waals surface area contributed by atoms with Crippen LogP contribution in [0, 0.1) is 15.9 Å². The summed E-state index contributed by atoms with van der Waals surface area (Å²) in [5.74, 6) is -0.697. The largest absolute Gasteiger partial charge is 0.354 e. The van der Waals surface area contributed by atoms with Crippen LogP contribution in [0.15, 0.2) is 18.2 Å². The molecule has 0 heterocycles. The maximum Gasteiger partial charge on any atom is 0.272 e. The zero-order valence-corrected chi connectivity index (χ0v) is 12.2. The quantitative estimate of drug-likeness (QED) is 0.437. The lowest BCUT2D eigenvalue weighted by molar-refractivity contribution is -0.385. The minimum absolute atomic E-state index is 0.0536. The number of rotatable bonds is 8. The Bertz CT molecular complexity index is 508. The van der Waals surface area contributed by atoms with Crippen molar-refractivity contribution in [3.05, 3.63) is 39.7 Å². The first-order valence-electron chi connectivity index (χ1n) is 6.86. The summed E-state index contributed by atoms with van der Waals surface area (Å²) in [6, 6.07) is 3.57. The van der Waals surface area contributed by atoms with Crippen molar-refractivity contribution in [1.29, 1.82) is 0 Å². The molecule has 0 saturated carbocycles. The maximum absolute atomic E-state index is 13.2. The molecule has 2 N–H and O–H groups in total. The predicted octanol–water partition coefficient (Wildman–Crippen LogP) is 2.13. The van der Waals surface area contributed by atoms with Crippen LogP contribution in [0.4, 0.5) is 10.1 Å². The summed E-state index contributed by atoms with van der Waals surface area (Å²) >= 11 is 0. The van der Waals surface area contributed by atoms with E-state index in [1.807, 2.05) is 13.8 Å². The normalized spacial score (nSPS) is 12.0. The first-order valence-corrected chi connectivity index (χ1v) is 6.86. The molecule has 1 atom stereocenters. The van der Waals surface area contributed by atoms with Gasteiger partial charge in [-0.25, -0.2) is 4.39 Å². The molecule has 1 unspecified atom stereocenters. The van der Waals surface area contributed by atoms with Crippen molar-refractivity contribution < 1.29 is 14.1 Å². The molecule has 6 nitrogen and oxygen atoms in total. The predicted molar refractivity (Wildman–Crippen MR) is 77.3 cm³/mol. The minimum Gasteiger partial charge on any atom is -0.354 e. The molecule has 0 bridgehead atoms. The molecule has 0 fully saturated rings. The molecule has 0 aliphatic rings. The summed E-state index contributed by atoms with van der Waals surface area (Å²) in [4.78, 5) is 21.5. The molecular formula is C14H20FN3O3. The van der Waals surface area contributed by atoms with Gasteiger partial charge in [-0.2, -0.15) is 0 Å². The standard InChI is InChI=1S/C14H20FN3O3/c1-3-10(2)17-14(19)4-5-16-9-11-6-12(15)8-13(7-11)18(20)21/h6-8,10,16H,3-5,9H2,1-2H3,(H,17,19). The number of carbonyl (C=O) groups excluding carboxylic acids is 1. The molecule has 7 heteroatoms. The van der Waals surface area contributed by atoms with Gasteiger partial charge in [0.1, 0.15) is 5.82 Å². The molecule has 116 valence electrons. The Labute approximate surface area is 122 Å². The summed E-state index contributed by atoms with van der Waals surface area (Å²) in [5.41, 5.74) is 0.199. The van der Waals surface area contributed by atoms with E-state index in [0.717, 1.165) is 12.5 Å². The Morgan fingerprint density at radius 3 is 2.76 bits per heavy atom. The number of nitrogens with zero attached hydrogens (tertiary/aromatic N) is 1. The number of halogens is 1. The fraction of sp³-hybridized carbons (Fsp3) is 0.500. The van der Waals surface area contributed by atoms with Crippen LogP contribution < -0.4 is 10.6 Å². The van der Waals surface area contributed by atoms with Crippen molar-refractivity contribution in [2.45, 2.75) is 39.3 Å². The monoisotopic (exact) mass is 297 g/mol. The molecule has 0 aliphatic heterocycles. The van der Waals surface area contributed by atoms with E-state index in [4.69, 9.17) is 0 Å². The van der Waals surface area contributed by atoms with E-state index < -0.39 is 10.7 Å². The second kappa shape index (κ2) is 8.31. The van der Waals surface area contributed by atoms with E-state index in [-0.39, 0.29) is 24.2 Å². The number of non-ortho nitro benzene ring substituents is 1. The van der Waals surface area contributed by atoms with Gasteiger partial charge in [-0.15, -0.1) is 0 Å². The van der Waals surface area contributed by atoms with E-state index in [0.29, 0.717) is 18.5 Å². The van der Waals surface area contributed by atoms with Gasteiger partial charge in [0.15, 0.2) is 0 Å². The first kappa shape index (κ1) is 17.0. The van der Waals surface area contributed by atoms with Crippen molar-refractivity contribution in [2.75, 3.05) is 6.54 Å². The molecular weight excluding hydrogens is 277 g/mol. The van der Waals surface area contributed by atoms with Crippen molar-refractivity contribution >= 4 is 11.6 Å². The first-order chi connectivity index (χ1) is 9.92. The molecule has 0 aromatic heterocycles. The average molecular weight is 297 g/mol. The van der Waals surface area contributed by atoms with Crippen LogP contribution in [0.1, 0.15) is 32.3 Å². The lowest BCUT2D eigenvalue weighted by Gasteiger charge is -2.11. The van der Waals surface area contributed by atoms with Crippen LogP contribution in [0.25, 0.3) is 0 Å². The van der Waals surface area contributed by atoms with Crippen LogP contribution in [-0.2, 0) is 11.3 Å². The molecule has 1 aromatic rings. The SMILES string of the molecule is CCC(C)NC(=O)CCNCc1cc(F)cc([N+](=O)[O-])c1. The number of hydrogen-bond donors (Lipinski definition) is 2. The summed E-state index contributed by atoms with van der Waals surface area (Å²) in [6.45, 7) is 4.61. The van der Waals surface area contributed by atoms with Crippen LogP contribution in [0.3, 0.4) is 0 Å². The molecule has 1 amide bonds. The van der Waals surface area contributed by atoms with Gasteiger partial charge in [0.2, 0.25) is 5.91 Å². The van der Waals surface area contributed by atoms with Gasteiger partial charge in [0, 0.05) is 31.6 Å². The second-order valence-corrected chi connectivity index (χ2v) is 4.88. The number of nitro benzene ring substituents is 1. The number of amides is 1. The Morgan fingerprint density at radius 1 is 1.43 bits per heavy atom. The van der Waals surface area contributed by atoms with Gasteiger partial charge in [-0.1, -0.05) is 6.92 Å². The van der Waals surface area contributed by atoms with Gasteiger partial charge in [-0.3, -0.25) is 14.9 Å². The zero-order chi connectivity index (χ0) is 15.8. The molecule has 1 rings (SSSR count). The lowest BCUT2D eigenvalue weighted by atomic mass is 10.2. The van der Waals surface area contributed by atoms with Gasteiger partial charge in [0.05, 0.1) is 11.0 Å². The van der Waals surface area contributed by atoms with E-state index in [1.165, 1.54) is 12.1 Å². The highest BCUT2D eigenvalue weighted by molar-refractivity contribution is 5.76. The summed E-state index contributed by atoms with van der Waals surface area (Å²) < 4.78 is 13.2. The number of nitro groups is 1. The second-order valence-electron chi connectivity index (χ2n) is 4.88. The van der Waals surface area contributed by atoms with Gasteiger partial charge < -0.3 is 10.6 Å². The van der Waals surface area contributed by atoms with E-state index in [2.05, 4.69) is 10.6 Å². The van der Waals surface area contributed by atoms with Gasteiger partial charge in [-0.05, 0) is 25.0 Å². The third kappa shape index (κ3) is 6.31.